The van der Waals surface area contributed by atoms with Crippen molar-refractivity contribution in [2.45, 2.75) is 25.4 Å². The predicted octanol–water partition coefficient (Wildman–Crippen LogP) is 0.969. The van der Waals surface area contributed by atoms with Gasteiger partial charge in [-0.2, -0.15) is 0 Å². The number of nitrogens with two attached hydrogens (primary N) is 1. The molecule has 1 aromatic rings. The molecule has 1 atom stereocenters. The molecule has 1 unspecified atom stereocenters. The molecule has 0 radical (unpaired) electrons. The van der Waals surface area contributed by atoms with E-state index in [1.165, 1.54) is 0 Å². The summed E-state index contributed by atoms with van der Waals surface area (Å²) < 4.78 is 0.888. The first-order valence-electron chi connectivity index (χ1n) is 5.82. The summed E-state index contributed by atoms with van der Waals surface area (Å²) in [6.45, 7) is 2.92. The lowest BCUT2D eigenvalue weighted by atomic mass is 9.92. The highest BCUT2D eigenvalue weighted by Crippen LogP contribution is 2.31. The minimum atomic E-state index is -1.46. The molecule has 1 amide bonds. The average molecular weight is 314 g/mol. The van der Waals surface area contributed by atoms with Gasteiger partial charge in [0, 0.05) is 12.7 Å². The summed E-state index contributed by atoms with van der Waals surface area (Å²) in [7, 11) is 0. The number of nitrogens with zero attached hydrogens (tertiary/aromatic N) is 2. The van der Waals surface area contributed by atoms with Crippen LogP contribution in [0.1, 0.15) is 18.4 Å². The van der Waals surface area contributed by atoms with Crippen LogP contribution in [0.5, 0.6) is 0 Å². The fourth-order valence-corrected chi connectivity index (χ4v) is 2.65. The van der Waals surface area contributed by atoms with Gasteiger partial charge in [-0.3, -0.25) is 4.79 Å². The monoisotopic (exact) mass is 313 g/mol. The van der Waals surface area contributed by atoms with Gasteiger partial charge in [0.25, 0.3) is 5.91 Å². The minimum Gasteiger partial charge on any atom is -0.378 e. The third-order valence-corrected chi connectivity index (χ3v) is 4.27. The van der Waals surface area contributed by atoms with Crippen LogP contribution in [-0.2, 0) is 4.79 Å². The van der Waals surface area contributed by atoms with Gasteiger partial charge in [0.15, 0.2) is 5.60 Å². The van der Waals surface area contributed by atoms with Gasteiger partial charge in [0.1, 0.15) is 5.82 Å². The number of aromatic nitrogens is 1. The predicted molar refractivity (Wildman–Crippen MR) is 72.3 cm³/mol. The molecule has 1 aliphatic heterocycles. The fourth-order valence-electron chi connectivity index (χ4n) is 2.16. The zero-order chi connectivity index (χ0) is 13.3. The smallest absolute Gasteiger partial charge is 0.251 e. The molecule has 1 saturated heterocycles. The van der Waals surface area contributed by atoms with Crippen molar-refractivity contribution >= 4 is 27.7 Å². The number of halogens is 1. The maximum atomic E-state index is 11.3. The van der Waals surface area contributed by atoms with Crippen LogP contribution in [0, 0.1) is 6.92 Å². The van der Waals surface area contributed by atoms with E-state index in [2.05, 4.69) is 20.9 Å². The molecule has 1 aromatic heterocycles. The third kappa shape index (κ3) is 2.35. The third-order valence-electron chi connectivity index (χ3n) is 3.29. The number of primary amides is 1. The highest BCUT2D eigenvalue weighted by Gasteiger charge is 2.39. The second kappa shape index (κ2) is 4.85. The first-order valence-corrected chi connectivity index (χ1v) is 6.62. The van der Waals surface area contributed by atoms with Crippen LogP contribution in [0.2, 0.25) is 0 Å². The number of aliphatic hydroxyl groups is 1. The van der Waals surface area contributed by atoms with Gasteiger partial charge >= 0.3 is 0 Å². The molecule has 98 valence electrons. The molecule has 0 saturated carbocycles. The Bertz CT molecular complexity index is 480. The molecule has 0 aliphatic carbocycles. The number of pyridine rings is 1. The number of β-amino-alcohol motifs (C(OH)–C–C–N with tert-alkyl or cyclic N) is 1. The Hall–Kier alpha value is -1.14. The number of aryl methyl sites for hydroxylation is 1. The molecule has 3 N–H and O–H groups in total. The van der Waals surface area contributed by atoms with Crippen molar-refractivity contribution < 1.29 is 9.90 Å². The topological polar surface area (TPSA) is 79.4 Å². The average Bonchev–Trinajstić information content (AvgIpc) is 2.32. The Morgan fingerprint density at radius 1 is 1.67 bits per heavy atom. The van der Waals surface area contributed by atoms with Gasteiger partial charge in [0.2, 0.25) is 0 Å². The second-order valence-corrected chi connectivity index (χ2v) is 5.48. The van der Waals surface area contributed by atoms with Crippen molar-refractivity contribution in [1.82, 2.24) is 4.98 Å². The van der Waals surface area contributed by atoms with Crippen LogP contribution in [0.15, 0.2) is 16.7 Å². The summed E-state index contributed by atoms with van der Waals surface area (Å²) >= 11 is 3.49. The zero-order valence-corrected chi connectivity index (χ0v) is 11.8. The lowest BCUT2D eigenvalue weighted by molar-refractivity contribution is -0.137. The number of rotatable bonds is 2. The van der Waals surface area contributed by atoms with Crippen molar-refractivity contribution in [3.63, 3.8) is 0 Å². The number of hydrogen-bond acceptors (Lipinski definition) is 4. The summed E-state index contributed by atoms with van der Waals surface area (Å²) in [6, 6.07) is 1.90. The van der Waals surface area contributed by atoms with Crippen molar-refractivity contribution in [2.75, 3.05) is 18.0 Å². The molecule has 6 heteroatoms. The van der Waals surface area contributed by atoms with Crippen molar-refractivity contribution in [3.05, 3.63) is 22.3 Å². The van der Waals surface area contributed by atoms with Crippen molar-refractivity contribution in [1.29, 1.82) is 0 Å². The number of piperidine rings is 1. The van der Waals surface area contributed by atoms with E-state index in [-0.39, 0.29) is 6.54 Å². The maximum absolute atomic E-state index is 11.3. The molecule has 2 heterocycles. The largest absolute Gasteiger partial charge is 0.378 e. The lowest BCUT2D eigenvalue weighted by Crippen LogP contribution is -2.56. The molecule has 0 aromatic carbocycles. The lowest BCUT2D eigenvalue weighted by Gasteiger charge is -2.38. The summed E-state index contributed by atoms with van der Waals surface area (Å²) in [5, 5.41) is 10.2. The normalized spacial score (nSPS) is 24.1. The van der Waals surface area contributed by atoms with E-state index in [0.717, 1.165) is 22.4 Å². The van der Waals surface area contributed by atoms with Gasteiger partial charge < -0.3 is 15.7 Å². The van der Waals surface area contributed by atoms with Crippen molar-refractivity contribution in [2.24, 2.45) is 5.73 Å². The van der Waals surface area contributed by atoms with Crippen LogP contribution in [-0.4, -0.2) is 34.7 Å². The highest BCUT2D eigenvalue weighted by atomic mass is 79.9. The minimum absolute atomic E-state index is 0.192. The maximum Gasteiger partial charge on any atom is 0.251 e. The van der Waals surface area contributed by atoms with Gasteiger partial charge in [0.05, 0.1) is 11.0 Å². The zero-order valence-electron chi connectivity index (χ0n) is 10.2. The van der Waals surface area contributed by atoms with Crippen LogP contribution < -0.4 is 10.6 Å². The molecular weight excluding hydrogens is 298 g/mol. The Labute approximate surface area is 114 Å². The fraction of sp³-hybridized carbons (Fsp3) is 0.500. The summed E-state index contributed by atoms with van der Waals surface area (Å²) in [5.74, 6) is 0.0744. The second-order valence-electron chi connectivity index (χ2n) is 4.69. The Kier molecular flexibility index (Phi) is 3.59. The van der Waals surface area contributed by atoms with Crippen LogP contribution in [0.3, 0.4) is 0 Å². The first-order chi connectivity index (χ1) is 8.44. The molecule has 1 aliphatic rings. The Morgan fingerprint density at radius 3 is 3.06 bits per heavy atom. The number of amides is 1. The van der Waals surface area contributed by atoms with E-state index in [1.54, 1.807) is 6.20 Å². The summed E-state index contributed by atoms with van der Waals surface area (Å²) in [4.78, 5) is 17.5. The van der Waals surface area contributed by atoms with E-state index in [1.807, 2.05) is 17.9 Å². The molecular formula is C12H16BrN3O2. The SMILES string of the molecule is Cc1ccnc(N2CCCC(O)(C(N)=O)C2)c1Br. The molecule has 1 fully saturated rings. The van der Waals surface area contributed by atoms with E-state index in [0.29, 0.717) is 12.8 Å². The van der Waals surface area contributed by atoms with E-state index in [4.69, 9.17) is 5.73 Å². The number of anilines is 1. The molecule has 0 bridgehead atoms. The standard InChI is InChI=1S/C12H16BrN3O2/c1-8-3-5-15-10(9(8)13)16-6-2-4-12(18,7-16)11(14)17/h3,5,18H,2,4,6-7H2,1H3,(H2,14,17). The van der Waals surface area contributed by atoms with Gasteiger partial charge in [-0.25, -0.2) is 4.98 Å². The molecule has 0 spiro atoms. The number of carbonyl (C=O) groups is 1. The molecule has 2 rings (SSSR count). The number of hydrogen-bond donors (Lipinski definition) is 2. The molecule has 18 heavy (non-hydrogen) atoms. The Morgan fingerprint density at radius 2 is 2.39 bits per heavy atom. The van der Waals surface area contributed by atoms with E-state index in [9.17, 15) is 9.90 Å². The summed E-state index contributed by atoms with van der Waals surface area (Å²) in [6.07, 6.45) is 2.83. The van der Waals surface area contributed by atoms with E-state index < -0.39 is 11.5 Å². The highest BCUT2D eigenvalue weighted by molar-refractivity contribution is 9.10. The summed E-state index contributed by atoms with van der Waals surface area (Å²) in [5.41, 5.74) is 4.87. The van der Waals surface area contributed by atoms with Gasteiger partial charge in [-0.1, -0.05) is 0 Å². The number of carbonyl (C=O) groups excluding carboxylic acids is 1. The van der Waals surface area contributed by atoms with Gasteiger partial charge in [-0.05, 0) is 47.3 Å². The molecule has 5 nitrogen and oxygen atoms in total. The Balaban J connectivity index is 2.29. The van der Waals surface area contributed by atoms with Gasteiger partial charge in [-0.15, -0.1) is 0 Å². The van der Waals surface area contributed by atoms with Crippen molar-refractivity contribution in [3.8, 4) is 0 Å². The van der Waals surface area contributed by atoms with Crippen LogP contribution in [0.25, 0.3) is 0 Å². The van der Waals surface area contributed by atoms with Crippen LogP contribution in [0.4, 0.5) is 5.82 Å². The van der Waals surface area contributed by atoms with Crippen LogP contribution >= 0.6 is 15.9 Å². The first kappa shape index (κ1) is 13.3. The quantitative estimate of drug-likeness (QED) is 0.852. The van der Waals surface area contributed by atoms with E-state index >= 15 is 0 Å².